The Balaban J connectivity index is 1.48. The molecule has 1 aliphatic heterocycles. The summed E-state index contributed by atoms with van der Waals surface area (Å²) in [7, 11) is 0. The Kier molecular flexibility index (Phi) is 6.49. The van der Waals surface area contributed by atoms with Gasteiger partial charge in [0.25, 0.3) is 0 Å². The number of carbonyl (C=O) groups excluding carboxylic acids is 1. The number of pyridine rings is 2. The maximum atomic E-state index is 14.7. The van der Waals surface area contributed by atoms with Crippen molar-refractivity contribution in [2.45, 2.75) is 42.4 Å². The van der Waals surface area contributed by atoms with Crippen molar-refractivity contribution in [2.75, 3.05) is 13.3 Å². The Morgan fingerprint density at radius 2 is 2.06 bits per heavy atom. The van der Waals surface area contributed by atoms with Crippen molar-refractivity contribution in [2.24, 2.45) is 16.6 Å². The molecule has 0 spiro atoms. The molecule has 1 fully saturated rings. The van der Waals surface area contributed by atoms with E-state index in [9.17, 15) is 31.1 Å². The second kappa shape index (κ2) is 8.99. The zero-order chi connectivity index (χ0) is 25.6. The van der Waals surface area contributed by atoms with Gasteiger partial charge >= 0.3 is 12.3 Å². The summed E-state index contributed by atoms with van der Waals surface area (Å²) in [5, 5.41) is 0.151. The van der Waals surface area contributed by atoms with Crippen LogP contribution in [0.2, 0.25) is 0 Å². The van der Waals surface area contributed by atoms with E-state index in [1.54, 1.807) is 6.92 Å². The van der Waals surface area contributed by atoms with E-state index in [1.807, 2.05) is 0 Å². The zero-order valence-electron chi connectivity index (χ0n) is 18.3. The number of nitrogens with zero attached hydrogens (tertiary/aromatic N) is 3. The van der Waals surface area contributed by atoms with Crippen LogP contribution in [0, 0.1) is 11.9 Å². The number of amidine groups is 1. The van der Waals surface area contributed by atoms with Crippen molar-refractivity contribution in [3.63, 3.8) is 0 Å². The molecule has 2 aliphatic rings. The van der Waals surface area contributed by atoms with Gasteiger partial charge in [0.1, 0.15) is 18.1 Å². The first-order valence-corrected chi connectivity index (χ1v) is 11.2. The van der Waals surface area contributed by atoms with Gasteiger partial charge < -0.3 is 10.5 Å². The van der Waals surface area contributed by atoms with E-state index in [0.717, 1.165) is 24.0 Å². The quantitative estimate of drug-likeness (QED) is 0.302. The van der Waals surface area contributed by atoms with Gasteiger partial charge in [-0.1, -0.05) is 11.8 Å². The molecule has 3 atom stereocenters. The van der Waals surface area contributed by atoms with E-state index >= 15 is 0 Å². The number of aliphatic imine (C=N–C) groups is 1. The number of nitrogens with two attached hydrogens (primary N) is 1. The Labute approximate surface area is 200 Å². The summed E-state index contributed by atoms with van der Waals surface area (Å²) in [4.78, 5) is 24.6. The number of Topliss-reactive ketones (excluding diaryl/α,β-unsaturated/α-hetero) is 1. The first-order valence-electron chi connectivity index (χ1n) is 10.4. The summed E-state index contributed by atoms with van der Waals surface area (Å²) < 4.78 is 82.7. The fourth-order valence-corrected chi connectivity index (χ4v) is 5.49. The van der Waals surface area contributed by atoms with Gasteiger partial charge in [-0.2, -0.15) is 13.2 Å². The van der Waals surface area contributed by atoms with E-state index in [2.05, 4.69) is 19.7 Å². The van der Waals surface area contributed by atoms with Gasteiger partial charge in [0, 0.05) is 24.1 Å². The Morgan fingerprint density at radius 1 is 1.31 bits per heavy atom. The second-order valence-corrected chi connectivity index (χ2v) is 10.1. The lowest BCUT2D eigenvalue weighted by Crippen LogP contribution is -2.37. The van der Waals surface area contributed by atoms with Crippen molar-refractivity contribution in [3.05, 3.63) is 53.4 Å². The third-order valence-electron chi connectivity index (χ3n) is 6.16. The number of hydrogen-bond donors (Lipinski definition) is 1. The van der Waals surface area contributed by atoms with E-state index in [0.29, 0.717) is 12.0 Å². The summed E-state index contributed by atoms with van der Waals surface area (Å²) >= 11 is 1.14. The van der Waals surface area contributed by atoms with Crippen molar-refractivity contribution in [3.8, 4) is 5.75 Å². The highest BCUT2D eigenvalue weighted by molar-refractivity contribution is 8.15. The largest absolute Gasteiger partial charge is 0.485 e. The molecule has 0 unspecified atom stereocenters. The molecule has 0 amide bonds. The van der Waals surface area contributed by atoms with E-state index in [-0.39, 0.29) is 34.5 Å². The average Bonchev–Trinajstić information content (AvgIpc) is 3.55. The Bertz CT molecular complexity index is 1170. The molecule has 3 heterocycles. The maximum Gasteiger partial charge on any atom is 0.340 e. The fraction of sp³-hybridized carbons (Fsp3) is 0.455. The van der Waals surface area contributed by atoms with Crippen LogP contribution < -0.4 is 10.5 Å². The highest BCUT2D eigenvalue weighted by Crippen LogP contribution is 2.65. The minimum absolute atomic E-state index is 0.0509. The number of aromatic nitrogens is 2. The standard InChI is InChI=1S/C22H20F6N4O2S/c1-20(16-6-21(16,9-23)35-19(29)32-20)13-4-11(7-31-17(13)24)5-15(33)14-3-2-12(8-30-14)34-10-22(27,28)18(25)26/h2-4,7-8,16,18H,5-6,9-10H2,1H3,(H2,29,32)/t16-,20+,21+/m0/s1. The van der Waals surface area contributed by atoms with Crippen LogP contribution in [0.3, 0.4) is 0 Å². The fourth-order valence-electron chi connectivity index (χ4n) is 4.16. The highest BCUT2D eigenvalue weighted by atomic mass is 32.2. The number of halogens is 6. The van der Waals surface area contributed by atoms with Gasteiger partial charge in [-0.15, -0.1) is 0 Å². The average molecular weight is 518 g/mol. The normalized spacial score (nSPS) is 25.7. The summed E-state index contributed by atoms with van der Waals surface area (Å²) in [5.41, 5.74) is 5.15. The van der Waals surface area contributed by atoms with Gasteiger partial charge in [-0.25, -0.2) is 23.1 Å². The molecule has 1 saturated carbocycles. The number of alkyl halides is 5. The van der Waals surface area contributed by atoms with Crippen molar-refractivity contribution >= 4 is 22.7 Å². The summed E-state index contributed by atoms with van der Waals surface area (Å²) in [6.45, 7) is -0.518. The predicted octanol–water partition coefficient (Wildman–Crippen LogP) is 4.33. The number of ether oxygens (including phenoxy) is 1. The predicted molar refractivity (Wildman–Crippen MR) is 116 cm³/mol. The third kappa shape index (κ3) is 4.82. The molecular weight excluding hydrogens is 498 g/mol. The number of thioether (sulfide) groups is 1. The molecule has 2 N–H and O–H groups in total. The number of fused-ring (bicyclic) bond motifs is 1. The van der Waals surface area contributed by atoms with Crippen molar-refractivity contribution in [1.29, 1.82) is 0 Å². The van der Waals surface area contributed by atoms with E-state index in [1.165, 1.54) is 18.3 Å². The van der Waals surface area contributed by atoms with Crippen molar-refractivity contribution < 1.29 is 35.9 Å². The van der Waals surface area contributed by atoms with Crippen LogP contribution in [-0.4, -0.2) is 51.3 Å². The summed E-state index contributed by atoms with van der Waals surface area (Å²) in [5.74, 6) is -6.12. The van der Waals surface area contributed by atoms with Gasteiger partial charge in [-0.05, 0) is 37.1 Å². The lowest BCUT2D eigenvalue weighted by atomic mass is 9.86. The van der Waals surface area contributed by atoms with Gasteiger partial charge in [-0.3, -0.25) is 9.79 Å². The topological polar surface area (TPSA) is 90.5 Å². The number of ketones is 1. The Hall–Kier alpha value is -2.83. The minimum atomic E-state index is -4.32. The number of rotatable bonds is 9. The van der Waals surface area contributed by atoms with Gasteiger partial charge in [0.2, 0.25) is 5.95 Å². The number of carbonyl (C=O) groups is 1. The van der Waals surface area contributed by atoms with E-state index in [4.69, 9.17) is 5.73 Å². The van der Waals surface area contributed by atoms with Crippen LogP contribution in [0.5, 0.6) is 5.75 Å². The van der Waals surface area contributed by atoms with Crippen LogP contribution in [-0.2, 0) is 12.0 Å². The van der Waals surface area contributed by atoms with Crippen LogP contribution >= 0.6 is 11.8 Å². The minimum Gasteiger partial charge on any atom is -0.485 e. The molecule has 4 rings (SSSR count). The second-order valence-electron chi connectivity index (χ2n) is 8.67. The Morgan fingerprint density at radius 3 is 2.69 bits per heavy atom. The molecule has 0 bridgehead atoms. The first kappa shape index (κ1) is 25.3. The molecular formula is C22H20F6N4O2S. The molecule has 2 aromatic heterocycles. The molecule has 188 valence electrons. The summed E-state index contributed by atoms with van der Waals surface area (Å²) in [6.07, 6.45) is -1.48. The van der Waals surface area contributed by atoms with E-state index < -0.39 is 47.6 Å². The number of hydrogen-bond acceptors (Lipinski definition) is 7. The smallest absolute Gasteiger partial charge is 0.340 e. The van der Waals surface area contributed by atoms with Crippen LogP contribution in [0.15, 0.2) is 35.6 Å². The van der Waals surface area contributed by atoms with Gasteiger partial charge in [0.05, 0.1) is 16.5 Å². The maximum absolute atomic E-state index is 14.7. The molecule has 35 heavy (non-hydrogen) atoms. The highest BCUT2D eigenvalue weighted by Gasteiger charge is 2.67. The first-order chi connectivity index (χ1) is 16.4. The lowest BCUT2D eigenvalue weighted by molar-refractivity contribution is -0.148. The van der Waals surface area contributed by atoms with Crippen LogP contribution in [0.4, 0.5) is 26.3 Å². The van der Waals surface area contributed by atoms with Gasteiger partial charge in [0.15, 0.2) is 17.6 Å². The molecule has 0 radical (unpaired) electrons. The van der Waals surface area contributed by atoms with Crippen LogP contribution in [0.1, 0.15) is 35.0 Å². The third-order valence-corrected chi connectivity index (χ3v) is 7.43. The molecule has 1 aliphatic carbocycles. The monoisotopic (exact) mass is 518 g/mol. The molecule has 0 aromatic carbocycles. The summed E-state index contributed by atoms with van der Waals surface area (Å²) in [6, 6.07) is 3.79. The molecule has 6 nitrogen and oxygen atoms in total. The SMILES string of the molecule is C[C@]1(c2cc(CC(=O)c3ccc(OCC(F)(F)C(F)F)cn3)cnc2F)N=C(N)S[C@@]2(CF)C[C@H]21. The molecule has 2 aromatic rings. The lowest BCUT2D eigenvalue weighted by Gasteiger charge is -2.33. The zero-order valence-corrected chi connectivity index (χ0v) is 19.1. The van der Waals surface area contributed by atoms with Crippen molar-refractivity contribution in [1.82, 2.24) is 9.97 Å². The molecule has 0 saturated heterocycles. The van der Waals surface area contributed by atoms with Crippen LogP contribution in [0.25, 0.3) is 0 Å². The molecule has 13 heteroatoms.